The maximum absolute atomic E-state index is 12.2. The Hall–Kier alpha value is -3.21. The van der Waals surface area contributed by atoms with Crippen molar-refractivity contribution in [3.05, 3.63) is 77.5 Å². The highest BCUT2D eigenvalue weighted by molar-refractivity contribution is 5.92. The van der Waals surface area contributed by atoms with Gasteiger partial charge in [0, 0.05) is 5.39 Å². The summed E-state index contributed by atoms with van der Waals surface area (Å²) in [6.07, 6.45) is 0.745. The first kappa shape index (κ1) is 18.6. The fraction of sp³-hybridized carbons (Fsp3) is 0.227. The molecule has 0 saturated heterocycles. The molecule has 5 nitrogen and oxygen atoms in total. The molecule has 3 rings (SSSR count). The SMILES string of the molecule is CC[C@H](NC(=O)COC(=O)c1ccc2ccccc2n1)c1ccc(C)cc1. The van der Waals surface area contributed by atoms with Crippen LogP contribution in [0.2, 0.25) is 0 Å². The van der Waals surface area contributed by atoms with Gasteiger partial charge >= 0.3 is 5.97 Å². The van der Waals surface area contributed by atoms with Crippen LogP contribution in [0.15, 0.2) is 60.7 Å². The summed E-state index contributed by atoms with van der Waals surface area (Å²) in [5.74, 6) is -0.948. The molecule has 27 heavy (non-hydrogen) atoms. The largest absolute Gasteiger partial charge is 0.451 e. The molecule has 0 fully saturated rings. The number of nitrogens with zero attached hydrogens (tertiary/aromatic N) is 1. The van der Waals surface area contributed by atoms with E-state index in [2.05, 4.69) is 10.3 Å². The number of rotatable bonds is 6. The van der Waals surface area contributed by atoms with Gasteiger partial charge in [0.25, 0.3) is 5.91 Å². The van der Waals surface area contributed by atoms with Crippen LogP contribution in [0.4, 0.5) is 0 Å². The number of pyridine rings is 1. The van der Waals surface area contributed by atoms with Crippen LogP contribution in [0.5, 0.6) is 0 Å². The van der Waals surface area contributed by atoms with Crippen LogP contribution in [0.3, 0.4) is 0 Å². The van der Waals surface area contributed by atoms with Crippen molar-refractivity contribution < 1.29 is 14.3 Å². The van der Waals surface area contributed by atoms with Gasteiger partial charge in [0.05, 0.1) is 11.6 Å². The Kier molecular flexibility index (Phi) is 5.81. The van der Waals surface area contributed by atoms with Crippen molar-refractivity contribution in [2.24, 2.45) is 0 Å². The van der Waals surface area contributed by atoms with Crippen LogP contribution in [-0.2, 0) is 9.53 Å². The molecule has 0 radical (unpaired) electrons. The second kappa shape index (κ2) is 8.45. The lowest BCUT2D eigenvalue weighted by Gasteiger charge is -2.17. The minimum absolute atomic E-state index is 0.115. The van der Waals surface area contributed by atoms with E-state index in [1.807, 2.05) is 68.4 Å². The normalized spacial score (nSPS) is 11.8. The summed E-state index contributed by atoms with van der Waals surface area (Å²) >= 11 is 0. The second-order valence-electron chi connectivity index (χ2n) is 6.40. The number of nitrogens with one attached hydrogen (secondary N) is 1. The van der Waals surface area contributed by atoms with Gasteiger partial charge < -0.3 is 10.1 Å². The van der Waals surface area contributed by atoms with Gasteiger partial charge in [-0.2, -0.15) is 0 Å². The maximum atomic E-state index is 12.2. The zero-order valence-electron chi connectivity index (χ0n) is 15.4. The number of hydrogen-bond donors (Lipinski definition) is 1. The number of carbonyl (C=O) groups excluding carboxylic acids is 2. The standard InChI is InChI=1S/C22H22N2O3/c1-3-18(17-10-8-15(2)9-11-17)24-21(25)14-27-22(26)20-13-12-16-6-4-5-7-19(16)23-20/h4-13,18H,3,14H2,1-2H3,(H,24,25)/t18-/m0/s1. The number of benzene rings is 2. The Morgan fingerprint density at radius 3 is 2.52 bits per heavy atom. The van der Waals surface area contributed by atoms with E-state index in [1.54, 1.807) is 6.07 Å². The van der Waals surface area contributed by atoms with Crippen LogP contribution in [0.1, 0.15) is 41.0 Å². The Morgan fingerprint density at radius 2 is 1.78 bits per heavy atom. The average molecular weight is 362 g/mol. The number of ether oxygens (including phenoxy) is 1. The summed E-state index contributed by atoms with van der Waals surface area (Å²) in [5.41, 5.74) is 3.09. The molecular formula is C22H22N2O3. The van der Waals surface area contributed by atoms with Gasteiger partial charge in [-0.15, -0.1) is 0 Å². The highest BCUT2D eigenvalue weighted by atomic mass is 16.5. The molecule has 1 heterocycles. The van der Waals surface area contributed by atoms with Crippen LogP contribution in [-0.4, -0.2) is 23.5 Å². The Balaban J connectivity index is 1.58. The Morgan fingerprint density at radius 1 is 1.04 bits per heavy atom. The predicted octanol–water partition coefficient (Wildman–Crippen LogP) is 3.97. The van der Waals surface area contributed by atoms with Crippen molar-refractivity contribution in [2.45, 2.75) is 26.3 Å². The minimum Gasteiger partial charge on any atom is -0.451 e. The fourth-order valence-electron chi connectivity index (χ4n) is 2.84. The molecule has 0 bridgehead atoms. The van der Waals surface area contributed by atoms with Crippen molar-refractivity contribution >= 4 is 22.8 Å². The summed E-state index contributed by atoms with van der Waals surface area (Å²) in [6, 6.07) is 18.8. The van der Waals surface area contributed by atoms with Gasteiger partial charge in [0.2, 0.25) is 0 Å². The Labute approximate surface area is 158 Å². The van der Waals surface area contributed by atoms with Crippen LogP contribution in [0.25, 0.3) is 10.9 Å². The summed E-state index contributed by atoms with van der Waals surface area (Å²) in [7, 11) is 0. The first-order chi connectivity index (χ1) is 13.1. The Bertz CT molecular complexity index is 951. The van der Waals surface area contributed by atoms with E-state index in [-0.39, 0.29) is 24.2 Å². The van der Waals surface area contributed by atoms with E-state index in [4.69, 9.17) is 4.74 Å². The fourth-order valence-corrected chi connectivity index (χ4v) is 2.84. The van der Waals surface area contributed by atoms with Crippen LogP contribution < -0.4 is 5.32 Å². The van der Waals surface area contributed by atoms with Gasteiger partial charge in [0.1, 0.15) is 5.69 Å². The monoisotopic (exact) mass is 362 g/mol. The number of esters is 1. The zero-order valence-corrected chi connectivity index (χ0v) is 15.4. The molecule has 0 aliphatic heterocycles. The van der Waals surface area contributed by atoms with Gasteiger partial charge in [-0.05, 0) is 31.0 Å². The van der Waals surface area contributed by atoms with Crippen LogP contribution >= 0.6 is 0 Å². The third kappa shape index (κ3) is 4.70. The third-order valence-corrected chi connectivity index (χ3v) is 4.37. The first-order valence-corrected chi connectivity index (χ1v) is 8.95. The summed E-state index contributed by atoms with van der Waals surface area (Å²) < 4.78 is 5.13. The second-order valence-corrected chi connectivity index (χ2v) is 6.40. The van der Waals surface area contributed by atoms with Crippen molar-refractivity contribution in [3.8, 4) is 0 Å². The number of para-hydroxylation sites is 1. The highest BCUT2D eigenvalue weighted by Crippen LogP contribution is 2.17. The van der Waals surface area contributed by atoms with E-state index in [1.165, 1.54) is 0 Å². The van der Waals surface area contributed by atoms with Crippen LogP contribution in [0, 0.1) is 6.92 Å². The van der Waals surface area contributed by atoms with E-state index in [0.29, 0.717) is 5.52 Å². The summed E-state index contributed by atoms with van der Waals surface area (Å²) in [4.78, 5) is 28.7. The molecule has 0 spiro atoms. The van der Waals surface area contributed by atoms with Crippen molar-refractivity contribution in [1.29, 1.82) is 0 Å². The van der Waals surface area contributed by atoms with E-state index < -0.39 is 5.97 Å². The molecule has 1 atom stereocenters. The molecule has 0 unspecified atom stereocenters. The molecule has 2 aromatic carbocycles. The quantitative estimate of drug-likeness (QED) is 0.674. The molecular weight excluding hydrogens is 340 g/mol. The molecule has 1 N–H and O–H groups in total. The third-order valence-electron chi connectivity index (χ3n) is 4.37. The van der Waals surface area contributed by atoms with Gasteiger partial charge in [0.15, 0.2) is 6.61 Å². The van der Waals surface area contributed by atoms with Crippen molar-refractivity contribution in [3.63, 3.8) is 0 Å². The molecule has 138 valence electrons. The maximum Gasteiger partial charge on any atom is 0.357 e. The number of amides is 1. The van der Waals surface area contributed by atoms with E-state index in [9.17, 15) is 9.59 Å². The number of fused-ring (bicyclic) bond motifs is 1. The molecule has 0 saturated carbocycles. The number of aromatic nitrogens is 1. The van der Waals surface area contributed by atoms with E-state index in [0.717, 1.165) is 22.9 Å². The first-order valence-electron chi connectivity index (χ1n) is 8.95. The number of carbonyl (C=O) groups is 2. The number of aryl methyl sites for hydroxylation is 1. The lowest BCUT2D eigenvalue weighted by atomic mass is 10.0. The van der Waals surface area contributed by atoms with Gasteiger partial charge in [-0.1, -0.05) is 61.0 Å². The molecule has 0 aliphatic rings. The summed E-state index contributed by atoms with van der Waals surface area (Å²) in [6.45, 7) is 3.68. The molecule has 3 aromatic rings. The minimum atomic E-state index is -0.612. The lowest BCUT2D eigenvalue weighted by molar-refractivity contribution is -0.125. The summed E-state index contributed by atoms with van der Waals surface area (Å²) in [5, 5.41) is 3.84. The van der Waals surface area contributed by atoms with E-state index >= 15 is 0 Å². The molecule has 1 amide bonds. The van der Waals surface area contributed by atoms with Gasteiger partial charge in [-0.3, -0.25) is 4.79 Å². The highest BCUT2D eigenvalue weighted by Gasteiger charge is 2.16. The molecule has 1 aromatic heterocycles. The van der Waals surface area contributed by atoms with Crippen molar-refractivity contribution in [1.82, 2.24) is 10.3 Å². The predicted molar refractivity (Wildman–Crippen MR) is 104 cm³/mol. The lowest BCUT2D eigenvalue weighted by Crippen LogP contribution is -2.32. The topological polar surface area (TPSA) is 68.3 Å². The molecule has 5 heteroatoms. The van der Waals surface area contributed by atoms with Gasteiger partial charge in [-0.25, -0.2) is 9.78 Å². The smallest absolute Gasteiger partial charge is 0.357 e. The molecule has 0 aliphatic carbocycles. The number of hydrogen-bond acceptors (Lipinski definition) is 4. The van der Waals surface area contributed by atoms with Crippen molar-refractivity contribution in [2.75, 3.05) is 6.61 Å². The average Bonchev–Trinajstić information content (AvgIpc) is 2.70. The zero-order chi connectivity index (χ0) is 19.2.